The van der Waals surface area contributed by atoms with Gasteiger partial charge in [-0.3, -0.25) is 0 Å². The minimum atomic E-state index is -0.502. The molecule has 1 fully saturated rings. The molecule has 0 bridgehead atoms. The lowest BCUT2D eigenvalue weighted by Gasteiger charge is -2.11. The molecule has 3 N–H and O–H groups in total. The third-order valence-electron chi connectivity index (χ3n) is 3.04. The molecular formula is C13H17N3O3S. The summed E-state index contributed by atoms with van der Waals surface area (Å²) in [5.41, 5.74) is 6.29. The van der Waals surface area contributed by atoms with E-state index in [4.69, 9.17) is 20.5 Å². The van der Waals surface area contributed by atoms with Crippen LogP contribution in [0.4, 0.5) is 10.7 Å². The van der Waals surface area contributed by atoms with Gasteiger partial charge < -0.3 is 20.5 Å². The lowest BCUT2D eigenvalue weighted by Crippen LogP contribution is -2.19. The molecule has 20 heavy (non-hydrogen) atoms. The van der Waals surface area contributed by atoms with E-state index in [1.54, 1.807) is 6.92 Å². The first-order valence-corrected chi connectivity index (χ1v) is 7.34. The maximum Gasteiger partial charge on any atom is 0.343 e. The Morgan fingerprint density at radius 1 is 1.70 bits per heavy atom. The van der Waals surface area contributed by atoms with E-state index in [2.05, 4.69) is 5.32 Å². The van der Waals surface area contributed by atoms with E-state index in [9.17, 15) is 4.79 Å². The van der Waals surface area contributed by atoms with Crippen molar-refractivity contribution in [1.29, 1.82) is 5.26 Å². The standard InChI is InChI=1S/C13H17N3O3S/c1-2-18-13(17)10-11(15)9(6-14)20-12(10)16-7-8-4-3-5-19-8/h8,16H,2-5,7,15H2,1H3. The Balaban J connectivity index is 2.17. The van der Waals surface area contributed by atoms with Crippen LogP contribution < -0.4 is 11.1 Å². The molecule has 1 saturated heterocycles. The molecule has 0 aromatic carbocycles. The van der Waals surface area contributed by atoms with Crippen molar-refractivity contribution in [2.45, 2.75) is 25.9 Å². The van der Waals surface area contributed by atoms with E-state index in [1.807, 2.05) is 6.07 Å². The quantitative estimate of drug-likeness (QED) is 0.806. The van der Waals surface area contributed by atoms with E-state index in [1.165, 1.54) is 11.3 Å². The summed E-state index contributed by atoms with van der Waals surface area (Å²) in [7, 11) is 0. The summed E-state index contributed by atoms with van der Waals surface area (Å²) in [5, 5.41) is 12.8. The Kier molecular flexibility index (Phi) is 4.82. The van der Waals surface area contributed by atoms with Gasteiger partial charge in [-0.2, -0.15) is 5.26 Å². The van der Waals surface area contributed by atoms with E-state index in [-0.39, 0.29) is 24.0 Å². The highest BCUT2D eigenvalue weighted by atomic mass is 32.1. The summed E-state index contributed by atoms with van der Waals surface area (Å²) in [6.07, 6.45) is 2.18. The second-order valence-electron chi connectivity index (χ2n) is 4.40. The number of hydrogen-bond acceptors (Lipinski definition) is 7. The summed E-state index contributed by atoms with van der Waals surface area (Å²) >= 11 is 1.17. The van der Waals surface area contributed by atoms with Crippen LogP contribution in [0, 0.1) is 11.3 Å². The second-order valence-corrected chi connectivity index (χ2v) is 5.42. The Bertz CT molecular complexity index is 530. The number of nitriles is 1. The zero-order chi connectivity index (χ0) is 14.5. The number of hydrogen-bond donors (Lipinski definition) is 2. The molecule has 7 heteroatoms. The number of anilines is 2. The summed E-state index contributed by atoms with van der Waals surface area (Å²) in [5.74, 6) is -0.502. The molecule has 1 unspecified atom stereocenters. The van der Waals surface area contributed by atoms with Crippen molar-refractivity contribution in [2.75, 3.05) is 30.8 Å². The maximum absolute atomic E-state index is 11.9. The van der Waals surface area contributed by atoms with Crippen LogP contribution in [0.25, 0.3) is 0 Å². The fourth-order valence-electron chi connectivity index (χ4n) is 2.07. The molecule has 6 nitrogen and oxygen atoms in total. The Labute approximate surface area is 121 Å². The SMILES string of the molecule is CCOC(=O)c1c(NCC2CCCO2)sc(C#N)c1N. The van der Waals surface area contributed by atoms with Crippen LogP contribution in [0.15, 0.2) is 0 Å². The highest BCUT2D eigenvalue weighted by molar-refractivity contribution is 7.17. The molecule has 0 radical (unpaired) electrons. The van der Waals surface area contributed by atoms with Gasteiger partial charge in [-0.25, -0.2) is 4.79 Å². The second kappa shape index (κ2) is 6.59. The van der Waals surface area contributed by atoms with Gasteiger partial charge in [0.15, 0.2) is 0 Å². The molecule has 0 saturated carbocycles. The van der Waals surface area contributed by atoms with Crippen molar-refractivity contribution in [1.82, 2.24) is 0 Å². The van der Waals surface area contributed by atoms with Gasteiger partial charge in [0.05, 0.1) is 18.4 Å². The number of nitrogens with two attached hydrogens (primary N) is 1. The Hall–Kier alpha value is -1.78. The van der Waals surface area contributed by atoms with Crippen molar-refractivity contribution in [3.8, 4) is 6.07 Å². The average Bonchev–Trinajstić information content (AvgIpc) is 3.04. The lowest BCUT2D eigenvalue weighted by molar-refractivity contribution is 0.0529. The van der Waals surface area contributed by atoms with Gasteiger partial charge in [-0.1, -0.05) is 0 Å². The van der Waals surface area contributed by atoms with E-state index >= 15 is 0 Å². The topological polar surface area (TPSA) is 97.4 Å². The van der Waals surface area contributed by atoms with Gasteiger partial charge >= 0.3 is 5.97 Å². The Morgan fingerprint density at radius 2 is 2.50 bits per heavy atom. The van der Waals surface area contributed by atoms with Crippen LogP contribution in [0.2, 0.25) is 0 Å². The summed E-state index contributed by atoms with van der Waals surface area (Å²) in [4.78, 5) is 12.3. The van der Waals surface area contributed by atoms with Crippen LogP contribution in [0.5, 0.6) is 0 Å². The molecule has 2 rings (SSSR count). The number of nitrogens with zero attached hydrogens (tertiary/aromatic N) is 1. The number of esters is 1. The number of carbonyl (C=O) groups is 1. The van der Waals surface area contributed by atoms with Gasteiger partial charge in [0, 0.05) is 13.2 Å². The molecule has 0 aliphatic carbocycles. The van der Waals surface area contributed by atoms with E-state index < -0.39 is 5.97 Å². The van der Waals surface area contributed by atoms with Crippen LogP contribution >= 0.6 is 11.3 Å². The zero-order valence-electron chi connectivity index (χ0n) is 11.3. The summed E-state index contributed by atoms with van der Waals surface area (Å²) < 4.78 is 10.5. The lowest BCUT2D eigenvalue weighted by atomic mass is 10.2. The van der Waals surface area contributed by atoms with Crippen molar-refractivity contribution >= 4 is 28.0 Å². The molecule has 0 amide bonds. The normalized spacial score (nSPS) is 17.7. The average molecular weight is 295 g/mol. The smallest absolute Gasteiger partial charge is 0.343 e. The number of ether oxygens (including phenoxy) is 2. The van der Waals surface area contributed by atoms with Crippen molar-refractivity contribution in [2.24, 2.45) is 0 Å². The van der Waals surface area contributed by atoms with Crippen molar-refractivity contribution in [3.05, 3.63) is 10.4 Å². The third kappa shape index (κ3) is 3.03. The summed E-state index contributed by atoms with van der Waals surface area (Å²) in [6, 6.07) is 2.00. The van der Waals surface area contributed by atoms with Crippen LogP contribution in [0.3, 0.4) is 0 Å². The molecule has 1 atom stereocenters. The van der Waals surface area contributed by atoms with Crippen LogP contribution in [0.1, 0.15) is 35.0 Å². The third-order valence-corrected chi connectivity index (χ3v) is 4.11. The van der Waals surface area contributed by atoms with Crippen molar-refractivity contribution in [3.63, 3.8) is 0 Å². The molecule has 0 spiro atoms. The number of nitrogen functional groups attached to an aromatic ring is 1. The zero-order valence-corrected chi connectivity index (χ0v) is 12.1. The number of nitrogens with one attached hydrogen (secondary N) is 1. The molecular weight excluding hydrogens is 278 g/mol. The maximum atomic E-state index is 11.9. The van der Waals surface area contributed by atoms with Crippen molar-refractivity contribution < 1.29 is 14.3 Å². The number of rotatable bonds is 5. The fourth-order valence-corrected chi connectivity index (χ4v) is 2.98. The predicted molar refractivity (Wildman–Crippen MR) is 76.9 cm³/mol. The van der Waals surface area contributed by atoms with E-state index in [0.29, 0.717) is 16.4 Å². The van der Waals surface area contributed by atoms with Gasteiger partial charge in [-0.15, -0.1) is 11.3 Å². The van der Waals surface area contributed by atoms with E-state index in [0.717, 1.165) is 19.4 Å². The molecule has 108 valence electrons. The molecule has 1 aliphatic rings. The Morgan fingerprint density at radius 3 is 3.10 bits per heavy atom. The first-order valence-electron chi connectivity index (χ1n) is 6.52. The van der Waals surface area contributed by atoms with Gasteiger partial charge in [0.2, 0.25) is 0 Å². The number of carbonyl (C=O) groups excluding carboxylic acids is 1. The van der Waals surface area contributed by atoms with Gasteiger partial charge in [0.1, 0.15) is 21.5 Å². The molecule has 2 heterocycles. The fraction of sp³-hybridized carbons (Fsp3) is 0.538. The molecule has 1 aromatic rings. The molecule has 1 aromatic heterocycles. The van der Waals surface area contributed by atoms with Gasteiger partial charge in [-0.05, 0) is 19.8 Å². The predicted octanol–water partition coefficient (Wildman–Crippen LogP) is 1.97. The summed E-state index contributed by atoms with van der Waals surface area (Å²) in [6.45, 7) is 3.36. The molecule has 1 aliphatic heterocycles. The first-order chi connectivity index (χ1) is 9.67. The highest BCUT2D eigenvalue weighted by Gasteiger charge is 2.24. The van der Waals surface area contributed by atoms with Crippen LogP contribution in [-0.2, 0) is 9.47 Å². The monoisotopic (exact) mass is 295 g/mol. The first kappa shape index (κ1) is 14.6. The highest BCUT2D eigenvalue weighted by Crippen LogP contribution is 2.36. The minimum absolute atomic E-state index is 0.138. The minimum Gasteiger partial charge on any atom is -0.462 e. The van der Waals surface area contributed by atoms with Gasteiger partial charge in [0.25, 0.3) is 0 Å². The van der Waals surface area contributed by atoms with Crippen LogP contribution in [-0.4, -0.2) is 31.8 Å². The largest absolute Gasteiger partial charge is 0.462 e. The number of thiophene rings is 1.